The Hall–Kier alpha value is -3.20. The van der Waals surface area contributed by atoms with Crippen LogP contribution in [0.1, 0.15) is 32.4 Å². The fraction of sp³-hybridized carbons (Fsp3) is 0.318. The van der Waals surface area contributed by atoms with Crippen molar-refractivity contribution in [1.29, 1.82) is 0 Å². The van der Waals surface area contributed by atoms with Crippen LogP contribution in [0.4, 0.5) is 5.69 Å². The minimum atomic E-state index is -0.725. The highest BCUT2D eigenvalue weighted by Crippen LogP contribution is 2.40. The van der Waals surface area contributed by atoms with Gasteiger partial charge in [-0.3, -0.25) is 5.43 Å². The van der Waals surface area contributed by atoms with Crippen molar-refractivity contribution in [2.75, 3.05) is 25.4 Å². The van der Waals surface area contributed by atoms with E-state index in [1.807, 2.05) is 36.6 Å². The molecule has 0 aliphatic carbocycles. The first kappa shape index (κ1) is 22.5. The molecule has 0 bridgehead atoms. The molecule has 0 amide bonds. The fourth-order valence-electron chi connectivity index (χ4n) is 3.60. The summed E-state index contributed by atoms with van der Waals surface area (Å²) in [6, 6.07) is 9.60. The summed E-state index contributed by atoms with van der Waals surface area (Å²) in [4.78, 5) is 30.2. The summed E-state index contributed by atoms with van der Waals surface area (Å²) in [5.74, 6) is -1.75. The highest BCUT2D eigenvalue weighted by atomic mass is 32.2. The summed E-state index contributed by atoms with van der Waals surface area (Å²) in [7, 11) is 1.32. The lowest BCUT2D eigenvalue weighted by molar-refractivity contribution is -0.139. The van der Waals surface area contributed by atoms with E-state index in [2.05, 4.69) is 15.7 Å². The molecule has 1 aromatic carbocycles. The molecular weight excluding hydrogens is 416 g/mol. The predicted octanol–water partition coefficient (Wildman–Crippen LogP) is 3.45. The SMILES string of the molecule is CCOC(=O)C1=C(C)NC(C)=C(C(=O)OC)C1c1cnc(SC)n1Nc1ccccc1. The van der Waals surface area contributed by atoms with Crippen molar-refractivity contribution >= 4 is 29.4 Å². The van der Waals surface area contributed by atoms with Crippen molar-refractivity contribution in [3.8, 4) is 0 Å². The van der Waals surface area contributed by atoms with Gasteiger partial charge in [0, 0.05) is 11.4 Å². The third kappa shape index (κ3) is 4.46. The second kappa shape index (κ2) is 9.74. The Bertz CT molecular complexity index is 1040. The minimum Gasteiger partial charge on any atom is -0.466 e. The highest BCUT2D eigenvalue weighted by Gasteiger charge is 2.40. The Labute approximate surface area is 185 Å². The van der Waals surface area contributed by atoms with Gasteiger partial charge in [0.2, 0.25) is 0 Å². The van der Waals surface area contributed by atoms with Crippen LogP contribution in [-0.2, 0) is 19.1 Å². The summed E-state index contributed by atoms with van der Waals surface area (Å²) in [5, 5.41) is 3.81. The molecule has 1 atom stereocenters. The largest absolute Gasteiger partial charge is 0.466 e. The zero-order chi connectivity index (χ0) is 22.5. The zero-order valence-corrected chi connectivity index (χ0v) is 19.0. The van der Waals surface area contributed by atoms with Crippen molar-refractivity contribution < 1.29 is 19.1 Å². The number of esters is 2. The topological polar surface area (TPSA) is 94.5 Å². The van der Waals surface area contributed by atoms with E-state index < -0.39 is 17.9 Å². The molecule has 164 valence electrons. The van der Waals surface area contributed by atoms with E-state index in [9.17, 15) is 9.59 Å². The third-order valence-electron chi connectivity index (χ3n) is 4.91. The van der Waals surface area contributed by atoms with E-state index in [-0.39, 0.29) is 6.61 Å². The number of carbonyl (C=O) groups excluding carboxylic acids is 2. The summed E-state index contributed by atoms with van der Waals surface area (Å²) in [6.45, 7) is 5.54. The molecular formula is C22H26N4O4S. The fourth-order valence-corrected chi connectivity index (χ4v) is 4.09. The predicted molar refractivity (Wildman–Crippen MR) is 119 cm³/mol. The molecule has 1 aliphatic heterocycles. The molecule has 3 rings (SSSR count). The van der Waals surface area contributed by atoms with Gasteiger partial charge in [-0.25, -0.2) is 19.2 Å². The summed E-state index contributed by atoms with van der Waals surface area (Å²) < 4.78 is 12.2. The summed E-state index contributed by atoms with van der Waals surface area (Å²) in [6.07, 6.45) is 3.58. The number of aromatic nitrogens is 2. The van der Waals surface area contributed by atoms with Crippen LogP contribution < -0.4 is 10.7 Å². The standard InChI is InChI=1S/C22H26N4O4S/c1-6-30-21(28)18-14(3)24-13(2)17(20(27)29-4)19(18)16-12-23-22(31-5)26(16)25-15-10-8-7-9-11-15/h7-12,19,24-25H,6H2,1-5H3. The third-order valence-corrected chi connectivity index (χ3v) is 5.56. The Balaban J connectivity index is 2.21. The molecule has 1 aliphatic rings. The van der Waals surface area contributed by atoms with Crippen molar-refractivity contribution in [1.82, 2.24) is 15.0 Å². The Morgan fingerprint density at radius 2 is 1.81 bits per heavy atom. The van der Waals surface area contributed by atoms with E-state index >= 15 is 0 Å². The van der Waals surface area contributed by atoms with Gasteiger partial charge < -0.3 is 14.8 Å². The number of ether oxygens (including phenoxy) is 2. The van der Waals surface area contributed by atoms with E-state index in [0.717, 1.165) is 5.69 Å². The first-order valence-corrected chi connectivity index (χ1v) is 11.0. The Morgan fingerprint density at radius 1 is 1.16 bits per heavy atom. The molecule has 1 unspecified atom stereocenters. The maximum absolute atomic E-state index is 13.0. The molecule has 2 N–H and O–H groups in total. The van der Waals surface area contributed by atoms with Crippen LogP contribution in [0.2, 0.25) is 0 Å². The number of carbonyl (C=O) groups is 2. The first-order valence-electron chi connectivity index (χ1n) is 9.80. The van der Waals surface area contributed by atoms with Gasteiger partial charge in [0.1, 0.15) is 0 Å². The number of nitrogens with one attached hydrogen (secondary N) is 2. The number of imidazole rings is 1. The molecule has 0 fully saturated rings. The van der Waals surface area contributed by atoms with Crippen molar-refractivity contribution in [2.24, 2.45) is 0 Å². The average molecular weight is 443 g/mol. The number of rotatable bonds is 7. The molecule has 0 spiro atoms. The van der Waals surface area contributed by atoms with E-state index in [1.165, 1.54) is 18.9 Å². The van der Waals surface area contributed by atoms with Gasteiger partial charge in [0.05, 0.1) is 48.4 Å². The van der Waals surface area contributed by atoms with Gasteiger partial charge in [-0.2, -0.15) is 0 Å². The quantitative estimate of drug-likeness (QED) is 0.497. The van der Waals surface area contributed by atoms with Crippen molar-refractivity contribution in [2.45, 2.75) is 31.8 Å². The number of hydrogen-bond donors (Lipinski definition) is 2. The maximum Gasteiger partial charge on any atom is 0.336 e. The van der Waals surface area contributed by atoms with Gasteiger partial charge in [-0.1, -0.05) is 30.0 Å². The lowest BCUT2D eigenvalue weighted by Gasteiger charge is -2.30. The average Bonchev–Trinajstić information content (AvgIpc) is 3.15. The maximum atomic E-state index is 13.0. The molecule has 0 radical (unpaired) electrons. The van der Waals surface area contributed by atoms with Crippen LogP contribution in [0.3, 0.4) is 0 Å². The van der Waals surface area contributed by atoms with E-state index in [4.69, 9.17) is 9.47 Å². The molecule has 0 saturated carbocycles. The summed E-state index contributed by atoms with van der Waals surface area (Å²) in [5.41, 5.74) is 6.70. The van der Waals surface area contributed by atoms with Crippen LogP contribution in [0, 0.1) is 0 Å². The highest BCUT2D eigenvalue weighted by molar-refractivity contribution is 7.98. The number of anilines is 1. The normalized spacial score (nSPS) is 16.1. The van der Waals surface area contributed by atoms with Gasteiger partial charge in [-0.05, 0) is 39.2 Å². The number of nitrogens with zero attached hydrogens (tertiary/aromatic N) is 2. The van der Waals surface area contributed by atoms with Crippen LogP contribution in [0.25, 0.3) is 0 Å². The number of dihydropyridines is 1. The van der Waals surface area contributed by atoms with Crippen molar-refractivity contribution in [3.63, 3.8) is 0 Å². The molecule has 9 heteroatoms. The zero-order valence-electron chi connectivity index (χ0n) is 18.2. The second-order valence-corrected chi connectivity index (χ2v) is 7.60. The van der Waals surface area contributed by atoms with Gasteiger partial charge >= 0.3 is 11.9 Å². The lowest BCUT2D eigenvalue weighted by atomic mass is 9.83. The van der Waals surface area contributed by atoms with Crippen LogP contribution in [0.5, 0.6) is 0 Å². The van der Waals surface area contributed by atoms with Crippen molar-refractivity contribution in [3.05, 3.63) is 64.8 Å². The Kier molecular flexibility index (Phi) is 7.06. The number of benzene rings is 1. The van der Waals surface area contributed by atoms with Crippen LogP contribution >= 0.6 is 11.8 Å². The van der Waals surface area contributed by atoms with Crippen LogP contribution in [0.15, 0.2) is 64.2 Å². The van der Waals surface area contributed by atoms with E-state index in [1.54, 1.807) is 31.6 Å². The van der Waals surface area contributed by atoms with Gasteiger partial charge in [-0.15, -0.1) is 0 Å². The molecule has 31 heavy (non-hydrogen) atoms. The number of thioether (sulfide) groups is 1. The van der Waals surface area contributed by atoms with E-state index in [0.29, 0.717) is 33.4 Å². The Morgan fingerprint density at radius 3 is 2.39 bits per heavy atom. The number of methoxy groups -OCH3 is 1. The molecule has 2 heterocycles. The number of allylic oxidation sites excluding steroid dienone is 2. The monoisotopic (exact) mass is 442 g/mol. The number of para-hydroxylation sites is 1. The minimum absolute atomic E-state index is 0.218. The smallest absolute Gasteiger partial charge is 0.336 e. The first-order chi connectivity index (χ1) is 14.9. The molecule has 2 aromatic rings. The molecule has 8 nitrogen and oxygen atoms in total. The van der Waals surface area contributed by atoms with Gasteiger partial charge in [0.25, 0.3) is 0 Å². The molecule has 1 aromatic heterocycles. The molecule has 0 saturated heterocycles. The summed E-state index contributed by atoms with van der Waals surface area (Å²) >= 11 is 1.45. The van der Waals surface area contributed by atoms with Crippen LogP contribution in [-0.4, -0.2) is 41.6 Å². The number of hydrogen-bond acceptors (Lipinski definition) is 8. The lowest BCUT2D eigenvalue weighted by Crippen LogP contribution is -2.34. The second-order valence-electron chi connectivity index (χ2n) is 6.83. The van der Waals surface area contributed by atoms with Gasteiger partial charge in [0.15, 0.2) is 5.16 Å².